The van der Waals surface area contributed by atoms with Gasteiger partial charge in [-0.05, 0) is 18.2 Å². The Hall–Kier alpha value is -2.51. The maximum atomic E-state index is 9.42. The molecule has 0 aliphatic carbocycles. The van der Waals surface area contributed by atoms with Crippen LogP contribution in [0.25, 0.3) is 11.6 Å². The van der Waals surface area contributed by atoms with E-state index in [2.05, 4.69) is 5.10 Å². The first-order chi connectivity index (χ1) is 11.0. The maximum absolute atomic E-state index is 9.42. The fourth-order valence-electron chi connectivity index (χ4n) is 1.99. The summed E-state index contributed by atoms with van der Waals surface area (Å²) in [7, 11) is 0. The second kappa shape index (κ2) is 7.17. The Morgan fingerprint density at radius 2 is 2.00 bits per heavy atom. The molecule has 0 spiro atoms. The lowest BCUT2D eigenvalue weighted by atomic mass is 10.1. The molecule has 8 heteroatoms. The van der Waals surface area contributed by atoms with E-state index in [-0.39, 0.29) is 35.8 Å². The minimum Gasteiger partial charge on any atom is -0.394 e. The van der Waals surface area contributed by atoms with E-state index < -0.39 is 0 Å². The van der Waals surface area contributed by atoms with Gasteiger partial charge < -0.3 is 10.8 Å². The van der Waals surface area contributed by atoms with Crippen LogP contribution in [0.1, 0.15) is 16.8 Å². The van der Waals surface area contributed by atoms with Gasteiger partial charge >= 0.3 is 0 Å². The highest BCUT2D eigenvalue weighted by Crippen LogP contribution is 2.30. The summed E-state index contributed by atoms with van der Waals surface area (Å²) in [6, 6.07) is 8.86. The third kappa shape index (κ3) is 3.30. The molecule has 0 radical (unpaired) electrons. The highest BCUT2D eigenvalue weighted by Gasteiger charge is 2.19. The molecule has 23 heavy (non-hydrogen) atoms. The summed E-state index contributed by atoms with van der Waals surface area (Å²) in [6.45, 7) is -0.0792. The van der Waals surface area contributed by atoms with Crippen molar-refractivity contribution in [2.24, 2.45) is 0 Å². The van der Waals surface area contributed by atoms with Gasteiger partial charge in [0.2, 0.25) is 0 Å². The monoisotopic (exact) mass is 347 g/mol. The first-order valence-electron chi connectivity index (χ1n) is 6.46. The van der Waals surface area contributed by atoms with Gasteiger partial charge in [0.15, 0.2) is 0 Å². The molecule has 2 rings (SSSR count). The van der Waals surface area contributed by atoms with Crippen molar-refractivity contribution in [2.75, 3.05) is 12.3 Å². The molecule has 0 amide bonds. The first-order valence-corrected chi connectivity index (χ1v) is 7.22. The van der Waals surface area contributed by atoms with Crippen molar-refractivity contribution in [3.05, 3.63) is 45.1 Å². The normalized spacial score (nSPS) is 11.1. The molecule has 0 aliphatic rings. The molecule has 0 saturated heterocycles. The van der Waals surface area contributed by atoms with Crippen molar-refractivity contribution in [2.45, 2.75) is 6.54 Å². The summed E-state index contributed by atoms with van der Waals surface area (Å²) < 4.78 is 1.27. The van der Waals surface area contributed by atoms with Crippen molar-refractivity contribution in [1.82, 2.24) is 9.78 Å². The Bertz CT molecular complexity index is 838. The van der Waals surface area contributed by atoms with Gasteiger partial charge in [-0.1, -0.05) is 29.3 Å². The Morgan fingerprint density at radius 1 is 1.35 bits per heavy atom. The molecule has 116 valence electrons. The second-order valence-electron chi connectivity index (χ2n) is 4.47. The number of nitrogen functional groups attached to an aromatic ring is 1. The Kier molecular flexibility index (Phi) is 5.25. The van der Waals surface area contributed by atoms with E-state index in [4.69, 9.17) is 34.0 Å². The van der Waals surface area contributed by atoms with Crippen LogP contribution >= 0.6 is 23.2 Å². The van der Waals surface area contributed by atoms with Gasteiger partial charge in [-0.15, -0.1) is 0 Å². The first kappa shape index (κ1) is 16.9. The maximum Gasteiger partial charge on any atom is 0.140 e. The quantitative estimate of drug-likeness (QED) is 0.825. The van der Waals surface area contributed by atoms with Crippen molar-refractivity contribution >= 4 is 40.7 Å². The van der Waals surface area contributed by atoms with E-state index >= 15 is 0 Å². The van der Waals surface area contributed by atoms with Crippen molar-refractivity contribution in [3.63, 3.8) is 0 Å². The fourth-order valence-corrected chi connectivity index (χ4v) is 2.49. The number of halogens is 2. The molecule has 3 N–H and O–H groups in total. The molecular formula is C15H11Cl2N5O. The van der Waals surface area contributed by atoms with E-state index in [0.29, 0.717) is 15.6 Å². The van der Waals surface area contributed by atoms with Gasteiger partial charge in [0.05, 0.1) is 18.7 Å². The van der Waals surface area contributed by atoms with Gasteiger partial charge in [0, 0.05) is 15.6 Å². The van der Waals surface area contributed by atoms with E-state index in [9.17, 15) is 10.5 Å². The number of nitrogens with zero attached hydrogens (tertiary/aromatic N) is 4. The fraction of sp³-hybridized carbons (Fsp3) is 0.133. The smallest absolute Gasteiger partial charge is 0.140 e. The van der Waals surface area contributed by atoms with Crippen LogP contribution in [0.5, 0.6) is 0 Å². The zero-order valence-corrected chi connectivity index (χ0v) is 13.3. The van der Waals surface area contributed by atoms with E-state index in [1.807, 2.05) is 12.1 Å². The minimum absolute atomic E-state index is 0.0643. The van der Waals surface area contributed by atoms with Crippen molar-refractivity contribution < 1.29 is 5.11 Å². The zero-order chi connectivity index (χ0) is 17.0. The van der Waals surface area contributed by atoms with Gasteiger partial charge in [-0.25, -0.2) is 4.68 Å². The summed E-state index contributed by atoms with van der Waals surface area (Å²) in [5.41, 5.74) is 6.56. The number of hydrogen-bond acceptors (Lipinski definition) is 5. The number of hydrogen-bond donors (Lipinski definition) is 2. The standard InChI is InChI=1S/C15H11Cl2N5O/c16-12-2-1-3-13(17)10(12)6-9(7-18)14-11(8-19)15(20)22(21-14)4-5-23/h1-3,6,23H,4-5,20H2/b9-6+. The predicted octanol–water partition coefficient (Wildman–Crippen LogP) is 2.70. The Labute approximate surface area is 142 Å². The summed E-state index contributed by atoms with van der Waals surface area (Å²) >= 11 is 12.2. The van der Waals surface area contributed by atoms with Crippen LogP contribution in [0.3, 0.4) is 0 Å². The molecule has 6 nitrogen and oxygen atoms in total. The number of aliphatic hydroxyl groups excluding tert-OH is 1. The number of rotatable bonds is 4. The van der Waals surface area contributed by atoms with Crippen molar-refractivity contribution in [1.29, 1.82) is 10.5 Å². The summed E-state index contributed by atoms with van der Waals surface area (Å²) in [5, 5.41) is 32.6. The second-order valence-corrected chi connectivity index (χ2v) is 5.29. The van der Waals surface area contributed by atoms with Crippen molar-refractivity contribution in [3.8, 4) is 12.1 Å². The lowest BCUT2D eigenvalue weighted by Crippen LogP contribution is -2.07. The van der Waals surface area contributed by atoms with Crippen LogP contribution in [-0.4, -0.2) is 21.5 Å². The molecule has 0 atom stereocenters. The molecule has 1 heterocycles. The van der Waals surface area contributed by atoms with Crippen LogP contribution in [0.15, 0.2) is 18.2 Å². The van der Waals surface area contributed by atoms with E-state index in [1.165, 1.54) is 10.8 Å². The van der Waals surface area contributed by atoms with E-state index in [1.54, 1.807) is 18.2 Å². The summed E-state index contributed by atoms with van der Waals surface area (Å²) in [6.07, 6.45) is 1.45. The highest BCUT2D eigenvalue weighted by molar-refractivity contribution is 6.37. The molecule has 1 aromatic heterocycles. The SMILES string of the molecule is N#C/C(=C\c1c(Cl)cccc1Cl)c1nn(CCO)c(N)c1C#N. The third-order valence-corrected chi connectivity index (χ3v) is 3.74. The number of anilines is 1. The molecule has 0 unspecified atom stereocenters. The number of nitriles is 2. The number of aromatic nitrogens is 2. The van der Waals surface area contributed by atoms with Gasteiger partial charge in [-0.3, -0.25) is 0 Å². The average Bonchev–Trinajstić information content (AvgIpc) is 2.84. The number of benzene rings is 1. The Morgan fingerprint density at radius 3 is 2.52 bits per heavy atom. The zero-order valence-electron chi connectivity index (χ0n) is 11.8. The topological polar surface area (TPSA) is 112 Å². The number of nitrogens with two attached hydrogens (primary N) is 1. The van der Waals surface area contributed by atoms with Crippen LogP contribution in [0.2, 0.25) is 10.0 Å². The highest BCUT2D eigenvalue weighted by atomic mass is 35.5. The summed E-state index contributed by atoms with van der Waals surface area (Å²) in [5.74, 6) is 0.0861. The molecule has 1 aromatic carbocycles. The number of allylic oxidation sites excluding steroid dienone is 1. The molecular weight excluding hydrogens is 337 g/mol. The average molecular weight is 348 g/mol. The largest absolute Gasteiger partial charge is 0.394 e. The molecule has 2 aromatic rings. The molecule has 0 bridgehead atoms. The van der Waals surface area contributed by atoms with Gasteiger partial charge in [0.25, 0.3) is 0 Å². The van der Waals surface area contributed by atoms with Crippen LogP contribution in [0.4, 0.5) is 5.82 Å². The van der Waals surface area contributed by atoms with Crippen LogP contribution in [-0.2, 0) is 6.54 Å². The molecule has 0 aliphatic heterocycles. The summed E-state index contributed by atoms with van der Waals surface area (Å²) in [4.78, 5) is 0. The predicted molar refractivity (Wildman–Crippen MR) is 88.4 cm³/mol. The lowest BCUT2D eigenvalue weighted by Gasteiger charge is -2.02. The van der Waals surface area contributed by atoms with E-state index in [0.717, 1.165) is 0 Å². The Balaban J connectivity index is 2.64. The van der Waals surface area contributed by atoms with Gasteiger partial charge in [0.1, 0.15) is 29.2 Å². The van der Waals surface area contributed by atoms with Gasteiger partial charge in [-0.2, -0.15) is 15.6 Å². The molecule has 0 saturated carbocycles. The van der Waals surface area contributed by atoms with Crippen LogP contribution in [0, 0.1) is 22.7 Å². The molecule has 0 fully saturated rings. The van der Waals surface area contributed by atoms with Crippen LogP contribution < -0.4 is 5.73 Å². The number of aliphatic hydroxyl groups is 1. The third-order valence-electron chi connectivity index (χ3n) is 3.08. The minimum atomic E-state index is -0.196. The lowest BCUT2D eigenvalue weighted by molar-refractivity contribution is 0.270.